The number of benzene rings is 6. The lowest BCUT2D eigenvalue weighted by Crippen LogP contribution is -1.98. The molecule has 4 heteroatoms. The minimum Gasteiger partial charge on any atom is -0.507 e. The minimum atomic E-state index is 0.0499. The molecule has 0 saturated heterocycles. The predicted octanol–water partition coefficient (Wildman–Crippen LogP) is 8.23. The largest absolute Gasteiger partial charge is 0.507 e. The van der Waals surface area contributed by atoms with Crippen LogP contribution < -0.4 is 9.47 Å². The Kier molecular flexibility index (Phi) is 6.29. The Balaban J connectivity index is 1.53. The monoisotopic (exact) mass is 498 g/mol. The maximum atomic E-state index is 11.2. The molecule has 0 aliphatic rings. The first-order valence-corrected chi connectivity index (χ1v) is 12.5. The third kappa shape index (κ3) is 4.48. The van der Waals surface area contributed by atoms with Gasteiger partial charge in [-0.3, -0.25) is 0 Å². The average molecular weight is 499 g/mol. The smallest absolute Gasteiger partial charge is 0.128 e. The average Bonchev–Trinajstić information content (AvgIpc) is 2.96. The highest BCUT2D eigenvalue weighted by atomic mass is 16.5. The molecule has 0 bridgehead atoms. The summed E-state index contributed by atoms with van der Waals surface area (Å²) in [4.78, 5) is 0. The molecule has 0 aliphatic carbocycles. The molecule has 6 rings (SSSR count). The normalized spacial score (nSPS) is 11.1. The number of aromatic hydroxyl groups is 2. The second-order valence-corrected chi connectivity index (χ2v) is 9.18. The molecule has 4 nitrogen and oxygen atoms in total. The summed E-state index contributed by atoms with van der Waals surface area (Å²) in [6.07, 6.45) is 0. The minimum absolute atomic E-state index is 0.0499. The highest BCUT2D eigenvalue weighted by molar-refractivity contribution is 6.13. The van der Waals surface area contributed by atoms with Crippen LogP contribution in [0.1, 0.15) is 11.1 Å². The summed E-state index contributed by atoms with van der Waals surface area (Å²) in [6.45, 7) is 0.754. The van der Waals surface area contributed by atoms with E-state index in [2.05, 4.69) is 0 Å². The van der Waals surface area contributed by atoms with E-state index >= 15 is 0 Å². The van der Waals surface area contributed by atoms with Gasteiger partial charge in [0.05, 0.1) is 0 Å². The Morgan fingerprint density at radius 3 is 1.26 bits per heavy atom. The van der Waals surface area contributed by atoms with Gasteiger partial charge >= 0.3 is 0 Å². The van der Waals surface area contributed by atoms with Crippen molar-refractivity contribution in [1.82, 2.24) is 0 Å². The van der Waals surface area contributed by atoms with Crippen LogP contribution in [-0.4, -0.2) is 10.2 Å². The zero-order valence-electron chi connectivity index (χ0n) is 20.7. The second kappa shape index (κ2) is 10.2. The number of fused-ring (bicyclic) bond motifs is 2. The summed E-state index contributed by atoms with van der Waals surface area (Å²) < 4.78 is 12.6. The van der Waals surface area contributed by atoms with E-state index < -0.39 is 0 Å². The summed E-state index contributed by atoms with van der Waals surface area (Å²) in [7, 11) is 0. The van der Waals surface area contributed by atoms with Crippen LogP contribution in [0.2, 0.25) is 0 Å². The van der Waals surface area contributed by atoms with Gasteiger partial charge in [-0.1, -0.05) is 97.1 Å². The molecule has 0 amide bonds. The van der Waals surface area contributed by atoms with Gasteiger partial charge in [-0.2, -0.15) is 0 Å². The van der Waals surface area contributed by atoms with Crippen LogP contribution in [-0.2, 0) is 13.2 Å². The zero-order chi connectivity index (χ0) is 25.9. The first-order chi connectivity index (χ1) is 18.7. The Morgan fingerprint density at radius 1 is 0.421 bits per heavy atom. The van der Waals surface area contributed by atoms with Crippen LogP contribution in [0.5, 0.6) is 23.0 Å². The van der Waals surface area contributed by atoms with Crippen molar-refractivity contribution in [1.29, 1.82) is 0 Å². The molecule has 0 spiro atoms. The van der Waals surface area contributed by atoms with E-state index in [1.54, 1.807) is 12.1 Å². The van der Waals surface area contributed by atoms with Gasteiger partial charge in [0.1, 0.15) is 36.2 Å². The fourth-order valence-corrected chi connectivity index (χ4v) is 4.89. The van der Waals surface area contributed by atoms with E-state index in [0.717, 1.165) is 32.7 Å². The first kappa shape index (κ1) is 23.4. The van der Waals surface area contributed by atoms with Gasteiger partial charge in [0, 0.05) is 21.9 Å². The highest BCUT2D eigenvalue weighted by Crippen LogP contribution is 2.49. The SMILES string of the molecule is Oc1ccc2cccc(OCc3ccccc3)c2c1-c1c(O)ccc2cccc(OCc3ccccc3)c12. The highest BCUT2D eigenvalue weighted by Gasteiger charge is 2.21. The number of hydrogen-bond donors (Lipinski definition) is 2. The Bertz CT molecular complexity index is 1600. The van der Waals surface area contributed by atoms with Crippen molar-refractivity contribution in [3.05, 3.63) is 132 Å². The number of ether oxygens (including phenoxy) is 2. The fourth-order valence-electron chi connectivity index (χ4n) is 4.89. The quantitative estimate of drug-likeness (QED) is 0.233. The van der Waals surface area contributed by atoms with Crippen molar-refractivity contribution in [3.8, 4) is 34.1 Å². The summed E-state index contributed by atoms with van der Waals surface area (Å²) in [5, 5.41) is 25.7. The Hall–Kier alpha value is -4.96. The molecule has 0 saturated carbocycles. The van der Waals surface area contributed by atoms with Gasteiger partial charge < -0.3 is 19.7 Å². The van der Waals surface area contributed by atoms with Gasteiger partial charge in [0.15, 0.2) is 0 Å². The van der Waals surface area contributed by atoms with E-state index in [9.17, 15) is 10.2 Å². The van der Waals surface area contributed by atoms with Crippen LogP contribution >= 0.6 is 0 Å². The zero-order valence-corrected chi connectivity index (χ0v) is 20.7. The fraction of sp³-hybridized carbons (Fsp3) is 0.0588. The van der Waals surface area contributed by atoms with E-state index in [1.807, 2.05) is 109 Å². The summed E-state index contributed by atoms with van der Waals surface area (Å²) in [5.74, 6) is 1.34. The van der Waals surface area contributed by atoms with Crippen molar-refractivity contribution in [2.75, 3.05) is 0 Å². The van der Waals surface area contributed by atoms with Gasteiger partial charge in [0.2, 0.25) is 0 Å². The number of hydrogen-bond acceptors (Lipinski definition) is 4. The molecular formula is C34H26O4. The molecule has 0 heterocycles. The molecule has 0 fully saturated rings. The van der Waals surface area contributed by atoms with Crippen molar-refractivity contribution in [3.63, 3.8) is 0 Å². The number of phenols is 2. The molecule has 0 aromatic heterocycles. The van der Waals surface area contributed by atoms with E-state index in [1.165, 1.54) is 0 Å². The molecule has 6 aromatic rings. The van der Waals surface area contributed by atoms with E-state index in [4.69, 9.17) is 9.47 Å². The van der Waals surface area contributed by atoms with Gasteiger partial charge in [-0.25, -0.2) is 0 Å². The Labute approximate surface area is 221 Å². The molecule has 38 heavy (non-hydrogen) atoms. The predicted molar refractivity (Wildman–Crippen MR) is 152 cm³/mol. The standard InChI is InChI=1S/C34H26O4/c35-27-19-17-25-13-7-15-29(37-21-23-9-3-1-4-10-23)31(25)33(27)34-28(36)20-18-26-14-8-16-30(32(26)34)38-22-24-11-5-2-6-12-24/h1-20,35-36H,21-22H2. The van der Waals surface area contributed by atoms with Crippen LogP contribution in [0, 0.1) is 0 Å². The molecule has 186 valence electrons. The molecular weight excluding hydrogens is 472 g/mol. The molecule has 0 radical (unpaired) electrons. The summed E-state index contributed by atoms with van der Waals surface area (Å²) >= 11 is 0. The number of rotatable bonds is 7. The third-order valence-electron chi connectivity index (χ3n) is 6.70. The molecule has 2 N–H and O–H groups in total. The molecule has 0 aliphatic heterocycles. The Morgan fingerprint density at radius 2 is 0.842 bits per heavy atom. The van der Waals surface area contributed by atoms with Crippen LogP contribution in [0.15, 0.2) is 121 Å². The van der Waals surface area contributed by atoms with E-state index in [0.29, 0.717) is 35.8 Å². The number of phenolic OH excluding ortho intramolecular Hbond substituents is 2. The van der Waals surface area contributed by atoms with Crippen molar-refractivity contribution < 1.29 is 19.7 Å². The first-order valence-electron chi connectivity index (χ1n) is 12.5. The van der Waals surface area contributed by atoms with Crippen molar-refractivity contribution in [2.24, 2.45) is 0 Å². The molecule has 0 atom stereocenters. The van der Waals surface area contributed by atoms with Crippen LogP contribution in [0.25, 0.3) is 32.7 Å². The van der Waals surface area contributed by atoms with Gasteiger partial charge in [0.25, 0.3) is 0 Å². The summed E-state index contributed by atoms with van der Waals surface area (Å²) in [5.41, 5.74) is 3.08. The van der Waals surface area contributed by atoms with Crippen LogP contribution in [0.3, 0.4) is 0 Å². The van der Waals surface area contributed by atoms with Crippen molar-refractivity contribution >= 4 is 21.5 Å². The second-order valence-electron chi connectivity index (χ2n) is 9.18. The maximum absolute atomic E-state index is 11.2. The topological polar surface area (TPSA) is 58.9 Å². The lowest BCUT2D eigenvalue weighted by molar-refractivity contribution is 0.309. The van der Waals surface area contributed by atoms with Gasteiger partial charge in [-0.15, -0.1) is 0 Å². The maximum Gasteiger partial charge on any atom is 0.128 e. The molecule has 0 unspecified atom stereocenters. The van der Waals surface area contributed by atoms with Crippen molar-refractivity contribution in [2.45, 2.75) is 13.2 Å². The molecule has 6 aromatic carbocycles. The lowest BCUT2D eigenvalue weighted by atomic mass is 9.91. The third-order valence-corrected chi connectivity index (χ3v) is 6.70. The summed E-state index contributed by atoms with van der Waals surface area (Å²) in [6, 6.07) is 38.5. The van der Waals surface area contributed by atoms with E-state index in [-0.39, 0.29) is 11.5 Å². The van der Waals surface area contributed by atoms with Gasteiger partial charge in [-0.05, 0) is 46.2 Å². The van der Waals surface area contributed by atoms with Crippen LogP contribution in [0.4, 0.5) is 0 Å². The lowest BCUT2D eigenvalue weighted by Gasteiger charge is -2.19.